The second kappa shape index (κ2) is 8.81. The van der Waals surface area contributed by atoms with Crippen molar-refractivity contribution in [1.29, 1.82) is 0 Å². The van der Waals surface area contributed by atoms with Crippen LogP contribution in [0.5, 0.6) is 0 Å². The van der Waals surface area contributed by atoms with Crippen LogP contribution in [0, 0.1) is 12.7 Å². The molecule has 0 aliphatic rings. The highest BCUT2D eigenvalue weighted by Gasteiger charge is 2.31. The highest BCUT2D eigenvalue weighted by Crippen LogP contribution is 2.34. The smallest absolute Gasteiger partial charge is 0.416 e. The molecule has 0 aliphatic carbocycles. The number of hydrogen-bond acceptors (Lipinski definition) is 4. The molecule has 0 amide bonds. The summed E-state index contributed by atoms with van der Waals surface area (Å²) in [6.45, 7) is 1.48. The van der Waals surface area contributed by atoms with Crippen LogP contribution < -0.4 is 0 Å². The lowest BCUT2D eigenvalue weighted by Crippen LogP contribution is -2.12. The molecule has 1 N–H and O–H groups in total. The number of halogens is 4. The van der Waals surface area contributed by atoms with Crippen LogP contribution in [-0.4, -0.2) is 28.5 Å². The molecule has 4 aromatic rings. The number of pyridine rings is 1. The number of carbonyl (C=O) groups is 1. The molecule has 0 saturated heterocycles. The highest BCUT2D eigenvalue weighted by molar-refractivity contribution is 7.90. The largest absolute Gasteiger partial charge is 0.481 e. The van der Waals surface area contributed by atoms with Gasteiger partial charge in [0.2, 0.25) is 0 Å². The third-order valence-corrected chi connectivity index (χ3v) is 7.20. The zero-order chi connectivity index (χ0) is 25.5. The molecule has 2 heterocycles. The SMILES string of the molecule is Cc1cc(C(F)(F)F)ccc1-c1cncc(S(=O)(=O)n2cc(CCC(=O)O)c3cc(F)ccc32)c1. The van der Waals surface area contributed by atoms with Crippen LogP contribution >= 0.6 is 0 Å². The van der Waals surface area contributed by atoms with Gasteiger partial charge < -0.3 is 5.11 Å². The molecule has 35 heavy (non-hydrogen) atoms. The summed E-state index contributed by atoms with van der Waals surface area (Å²) in [5, 5.41) is 9.26. The Kier molecular flexibility index (Phi) is 6.14. The van der Waals surface area contributed by atoms with Gasteiger partial charge >= 0.3 is 12.1 Å². The Labute approximate surface area is 197 Å². The number of aryl methyl sites for hydroxylation is 2. The third-order valence-electron chi connectivity index (χ3n) is 5.56. The first-order valence-corrected chi connectivity index (χ1v) is 11.7. The van der Waals surface area contributed by atoms with Gasteiger partial charge in [0.15, 0.2) is 0 Å². The quantitative estimate of drug-likeness (QED) is 0.353. The normalized spacial score (nSPS) is 12.3. The average Bonchev–Trinajstić information content (AvgIpc) is 3.15. The van der Waals surface area contributed by atoms with Gasteiger partial charge in [-0.3, -0.25) is 9.78 Å². The van der Waals surface area contributed by atoms with Gasteiger partial charge in [-0.15, -0.1) is 0 Å². The fourth-order valence-corrected chi connectivity index (χ4v) is 5.24. The van der Waals surface area contributed by atoms with Crippen LogP contribution in [0.3, 0.4) is 0 Å². The lowest BCUT2D eigenvalue weighted by molar-refractivity contribution is -0.138. The number of hydrogen-bond donors (Lipinski definition) is 1. The van der Waals surface area contributed by atoms with E-state index in [4.69, 9.17) is 5.11 Å². The number of carboxylic acid groups (broad SMARTS) is 1. The molecule has 0 fully saturated rings. The van der Waals surface area contributed by atoms with Gasteiger partial charge in [-0.05, 0) is 66.4 Å². The molecule has 182 valence electrons. The average molecular weight is 506 g/mol. The molecule has 0 bridgehead atoms. The van der Waals surface area contributed by atoms with Gasteiger partial charge in [0.1, 0.15) is 10.7 Å². The Hall–Kier alpha value is -3.73. The maximum atomic E-state index is 13.9. The Morgan fingerprint density at radius 1 is 1.09 bits per heavy atom. The van der Waals surface area contributed by atoms with E-state index in [0.717, 1.165) is 34.4 Å². The maximum absolute atomic E-state index is 13.9. The zero-order valence-electron chi connectivity index (χ0n) is 18.2. The van der Waals surface area contributed by atoms with Gasteiger partial charge in [0.05, 0.1) is 11.1 Å². The van der Waals surface area contributed by atoms with Crippen LogP contribution in [0.4, 0.5) is 17.6 Å². The molecule has 4 rings (SSSR count). The molecule has 0 spiro atoms. The minimum Gasteiger partial charge on any atom is -0.481 e. The van der Waals surface area contributed by atoms with Crippen LogP contribution in [0.2, 0.25) is 0 Å². The highest BCUT2D eigenvalue weighted by atomic mass is 32.2. The summed E-state index contributed by atoms with van der Waals surface area (Å²) in [4.78, 5) is 14.7. The van der Waals surface area contributed by atoms with Crippen molar-refractivity contribution in [3.8, 4) is 11.1 Å². The first kappa shape index (κ1) is 24.4. The fourth-order valence-electron chi connectivity index (χ4n) is 3.86. The molecular formula is C24H18F4N2O4S. The lowest BCUT2D eigenvalue weighted by Gasteiger charge is -2.12. The standard InChI is InChI=1S/C24H18F4N2O4S/c1-14-8-17(24(26,27)28)3-5-20(14)16-9-19(12-29-11-16)35(33,34)30-13-15(2-7-23(31)32)21-10-18(25)4-6-22(21)30/h3-6,8-13H,2,7H2,1H3,(H,31,32). The minimum absolute atomic E-state index is 0.0131. The molecule has 0 aliphatic heterocycles. The summed E-state index contributed by atoms with van der Waals surface area (Å²) >= 11 is 0. The molecule has 2 aromatic heterocycles. The second-order valence-corrected chi connectivity index (χ2v) is 9.76. The van der Waals surface area contributed by atoms with Gasteiger partial charge in [0, 0.05) is 36.0 Å². The van der Waals surface area contributed by atoms with Crippen molar-refractivity contribution in [3.63, 3.8) is 0 Å². The zero-order valence-corrected chi connectivity index (χ0v) is 19.0. The number of rotatable bonds is 6. The van der Waals surface area contributed by atoms with E-state index >= 15 is 0 Å². The van der Waals surface area contributed by atoms with E-state index < -0.39 is 33.5 Å². The van der Waals surface area contributed by atoms with E-state index in [2.05, 4.69) is 4.98 Å². The summed E-state index contributed by atoms with van der Waals surface area (Å²) in [5.74, 6) is -1.69. The molecule has 0 radical (unpaired) electrons. The monoisotopic (exact) mass is 506 g/mol. The topological polar surface area (TPSA) is 89.3 Å². The minimum atomic E-state index is -4.51. The van der Waals surface area contributed by atoms with Crippen LogP contribution in [-0.2, 0) is 27.4 Å². The summed E-state index contributed by atoms with van der Waals surface area (Å²) in [7, 11) is -4.27. The maximum Gasteiger partial charge on any atom is 0.416 e. The van der Waals surface area contributed by atoms with Crippen LogP contribution in [0.15, 0.2) is 66.0 Å². The lowest BCUT2D eigenvalue weighted by atomic mass is 9.99. The number of aliphatic carboxylic acids is 1. The van der Waals surface area contributed by atoms with Gasteiger partial charge in [-0.2, -0.15) is 13.2 Å². The van der Waals surface area contributed by atoms with Crippen molar-refractivity contribution in [2.45, 2.75) is 30.8 Å². The third kappa shape index (κ3) is 4.76. The predicted molar refractivity (Wildman–Crippen MR) is 120 cm³/mol. The number of benzene rings is 2. The first-order chi connectivity index (χ1) is 16.4. The van der Waals surface area contributed by atoms with Crippen LogP contribution in [0.1, 0.15) is 23.1 Å². The van der Waals surface area contributed by atoms with Gasteiger partial charge in [-0.25, -0.2) is 16.8 Å². The van der Waals surface area contributed by atoms with Crippen molar-refractivity contribution in [1.82, 2.24) is 8.96 Å². The second-order valence-electron chi connectivity index (χ2n) is 7.95. The van der Waals surface area contributed by atoms with E-state index in [1.165, 1.54) is 37.5 Å². The molecular weight excluding hydrogens is 488 g/mol. The molecule has 0 unspecified atom stereocenters. The number of fused-ring (bicyclic) bond motifs is 1. The van der Waals surface area contributed by atoms with Crippen molar-refractivity contribution < 1.29 is 35.9 Å². The van der Waals surface area contributed by atoms with E-state index in [-0.39, 0.29) is 34.2 Å². The van der Waals surface area contributed by atoms with E-state index in [9.17, 15) is 30.8 Å². The number of alkyl halides is 3. The van der Waals surface area contributed by atoms with E-state index in [1.807, 2.05) is 0 Å². The summed E-state index contributed by atoms with van der Waals surface area (Å²) < 4.78 is 80.8. The summed E-state index contributed by atoms with van der Waals surface area (Å²) in [5.41, 5.74) is 0.635. The number of carboxylic acids is 1. The Morgan fingerprint density at radius 3 is 2.49 bits per heavy atom. The van der Waals surface area contributed by atoms with E-state index in [0.29, 0.717) is 16.7 Å². The first-order valence-electron chi connectivity index (χ1n) is 10.3. The fraction of sp³-hybridized carbons (Fsp3) is 0.167. The predicted octanol–water partition coefficient (Wildman–Crippen LogP) is 5.42. The summed E-state index contributed by atoms with van der Waals surface area (Å²) in [6, 6.07) is 7.94. The Balaban J connectivity index is 1.81. The van der Waals surface area contributed by atoms with Crippen molar-refractivity contribution >= 4 is 26.9 Å². The molecule has 11 heteroatoms. The van der Waals surface area contributed by atoms with Crippen molar-refractivity contribution in [3.05, 3.63) is 83.6 Å². The number of nitrogens with zero attached hydrogens (tertiary/aromatic N) is 2. The summed E-state index contributed by atoms with van der Waals surface area (Å²) in [6.07, 6.45) is -1.11. The van der Waals surface area contributed by atoms with Gasteiger partial charge in [0.25, 0.3) is 10.0 Å². The van der Waals surface area contributed by atoms with Crippen molar-refractivity contribution in [2.24, 2.45) is 0 Å². The van der Waals surface area contributed by atoms with Gasteiger partial charge in [-0.1, -0.05) is 6.07 Å². The van der Waals surface area contributed by atoms with Crippen molar-refractivity contribution in [2.75, 3.05) is 0 Å². The Morgan fingerprint density at radius 2 is 1.83 bits per heavy atom. The molecule has 6 nitrogen and oxygen atoms in total. The van der Waals surface area contributed by atoms with Crippen LogP contribution in [0.25, 0.3) is 22.0 Å². The molecule has 2 aromatic carbocycles. The van der Waals surface area contributed by atoms with E-state index in [1.54, 1.807) is 0 Å². The molecule has 0 atom stereocenters. The number of aromatic nitrogens is 2. The molecule has 0 saturated carbocycles. The Bertz CT molecular complexity index is 1560.